The van der Waals surface area contributed by atoms with Crippen LogP contribution in [-0.2, 0) is 28.5 Å². The van der Waals surface area contributed by atoms with Gasteiger partial charge in [0.25, 0.3) is 0 Å². The summed E-state index contributed by atoms with van der Waals surface area (Å²) in [6, 6.07) is 0. The third-order valence-electron chi connectivity index (χ3n) is 12.2. The maximum absolute atomic E-state index is 13.5. The zero-order valence-corrected chi connectivity index (χ0v) is 29.4. The molecule has 21 atom stereocenters. The van der Waals surface area contributed by atoms with Crippen molar-refractivity contribution in [3.8, 4) is 0 Å². The van der Waals surface area contributed by atoms with Gasteiger partial charge in [0, 0.05) is 18.8 Å². The van der Waals surface area contributed by atoms with E-state index in [0.717, 1.165) is 0 Å². The van der Waals surface area contributed by atoms with Crippen molar-refractivity contribution in [2.24, 2.45) is 17.8 Å². The number of ether oxygens (including phenoxy) is 6. The molecular formula is C34H57O19+. The molecule has 0 radical (unpaired) electrons. The Kier molecular flexibility index (Phi) is 13.4. The molecule has 0 aromatic carbocycles. The number of hydrogen-bond donors (Lipinski definition) is 12. The predicted octanol–water partition coefficient (Wildman–Crippen LogP) is -5.61. The Morgan fingerprint density at radius 2 is 1.36 bits per heavy atom. The van der Waals surface area contributed by atoms with Crippen LogP contribution in [0.5, 0.6) is 0 Å². The summed E-state index contributed by atoms with van der Waals surface area (Å²) in [5.74, 6) is -2.87. The molecule has 19 nitrogen and oxygen atoms in total. The minimum atomic E-state index is -1.88. The molecule has 11 unspecified atom stereocenters. The smallest absolute Gasteiger partial charge is 0.309 e. The van der Waals surface area contributed by atoms with Gasteiger partial charge in [-0.3, -0.25) is 4.79 Å². The Balaban J connectivity index is 1.25. The molecule has 53 heavy (non-hydrogen) atoms. The molecule has 6 rings (SSSR count). The normalized spacial score (nSPS) is 53.8. The summed E-state index contributed by atoms with van der Waals surface area (Å²) in [7, 11) is 0. The molecule has 3 aliphatic heterocycles. The van der Waals surface area contributed by atoms with Crippen LogP contribution in [0.2, 0.25) is 0 Å². The molecule has 13 N–H and O–H groups in total. The van der Waals surface area contributed by atoms with Crippen LogP contribution in [0.15, 0.2) is 0 Å². The van der Waals surface area contributed by atoms with Crippen LogP contribution in [0.1, 0.15) is 58.3 Å². The van der Waals surface area contributed by atoms with E-state index >= 15 is 0 Å². The quantitative estimate of drug-likeness (QED) is 0.0809. The SMILES string of the molecule is C[C@@H]1O[C@@H](OC[C@H]2O[C@@H](OC3CC4C(O)CC(O)CC4[OH+]C3C3CCC(O)C(O)C3)[C@H](OC(=O)C3CC(O)C(O)C(O)C3)[C@@H](O)[C@@H]2O)[C@H](O)[C@H](O)[C@H]1O. The van der Waals surface area contributed by atoms with E-state index in [4.69, 9.17) is 28.4 Å². The maximum Gasteiger partial charge on any atom is 0.309 e. The molecular weight excluding hydrogens is 712 g/mol. The zero-order chi connectivity index (χ0) is 38.5. The number of carbonyl (C=O) groups excluding carboxylic acids is 1. The lowest BCUT2D eigenvalue weighted by Gasteiger charge is -2.49. The highest BCUT2D eigenvalue weighted by molar-refractivity contribution is 5.73. The summed E-state index contributed by atoms with van der Waals surface area (Å²) < 4.78 is 34.5. The van der Waals surface area contributed by atoms with Crippen molar-refractivity contribution in [3.05, 3.63) is 0 Å². The van der Waals surface area contributed by atoms with Crippen molar-refractivity contribution in [2.45, 2.75) is 181 Å². The average Bonchev–Trinajstić information content (AvgIpc) is 3.11. The van der Waals surface area contributed by atoms with Crippen LogP contribution < -0.4 is 0 Å². The van der Waals surface area contributed by atoms with E-state index in [1.165, 1.54) is 6.92 Å². The first kappa shape index (κ1) is 41.4. The van der Waals surface area contributed by atoms with Crippen LogP contribution >= 0.6 is 0 Å². The van der Waals surface area contributed by atoms with Crippen LogP contribution in [-0.4, -0.2) is 201 Å². The number of hydrogen-bond acceptors (Lipinski definition) is 18. The second kappa shape index (κ2) is 17.1. The molecule has 3 saturated heterocycles. The second-order valence-corrected chi connectivity index (χ2v) is 15.9. The fraction of sp³-hybridized carbons (Fsp3) is 0.971. The molecule has 19 heteroatoms. The Morgan fingerprint density at radius 1 is 0.660 bits per heavy atom. The molecule has 3 heterocycles. The first-order chi connectivity index (χ1) is 25.0. The summed E-state index contributed by atoms with van der Waals surface area (Å²) in [6.07, 6.45) is -24.7. The van der Waals surface area contributed by atoms with E-state index in [9.17, 15) is 66.1 Å². The van der Waals surface area contributed by atoms with E-state index in [2.05, 4.69) is 0 Å². The van der Waals surface area contributed by atoms with Crippen LogP contribution in [0.4, 0.5) is 0 Å². The van der Waals surface area contributed by atoms with Crippen molar-refractivity contribution in [2.75, 3.05) is 6.61 Å². The van der Waals surface area contributed by atoms with Gasteiger partial charge < -0.3 is 89.7 Å². The predicted molar refractivity (Wildman–Crippen MR) is 173 cm³/mol. The fourth-order valence-corrected chi connectivity index (χ4v) is 8.93. The lowest BCUT2D eigenvalue weighted by molar-refractivity contribution is -0.363. The maximum atomic E-state index is 13.5. The third kappa shape index (κ3) is 8.86. The van der Waals surface area contributed by atoms with Gasteiger partial charge in [-0.1, -0.05) is 0 Å². The monoisotopic (exact) mass is 769 g/mol. The van der Waals surface area contributed by atoms with Gasteiger partial charge in [-0.2, -0.15) is 0 Å². The van der Waals surface area contributed by atoms with E-state index in [-0.39, 0.29) is 44.4 Å². The summed E-state index contributed by atoms with van der Waals surface area (Å²) in [4.78, 5) is 13.5. The second-order valence-electron chi connectivity index (χ2n) is 15.9. The first-order valence-electron chi connectivity index (χ1n) is 18.7. The van der Waals surface area contributed by atoms with Gasteiger partial charge >= 0.3 is 5.97 Å². The first-order valence-corrected chi connectivity index (χ1v) is 18.7. The van der Waals surface area contributed by atoms with E-state index < -0.39 is 147 Å². The molecule has 306 valence electrons. The number of aliphatic hydroxyl groups is 14. The minimum absolute atomic E-state index is 0.111. The van der Waals surface area contributed by atoms with Crippen molar-refractivity contribution >= 4 is 5.97 Å². The molecule has 0 bridgehead atoms. The van der Waals surface area contributed by atoms with Gasteiger partial charge in [0.05, 0.1) is 61.2 Å². The highest BCUT2D eigenvalue weighted by Crippen LogP contribution is 2.42. The van der Waals surface area contributed by atoms with Gasteiger partial charge in [0.1, 0.15) is 48.8 Å². The summed E-state index contributed by atoms with van der Waals surface area (Å²) in [5, 5.41) is 126. The number of esters is 1. The van der Waals surface area contributed by atoms with Crippen molar-refractivity contribution in [1.29, 1.82) is 0 Å². The molecule has 6 fully saturated rings. The van der Waals surface area contributed by atoms with Crippen molar-refractivity contribution in [1.82, 2.24) is 0 Å². The van der Waals surface area contributed by atoms with Gasteiger partial charge in [0.15, 0.2) is 30.9 Å². The van der Waals surface area contributed by atoms with Crippen LogP contribution in [0.3, 0.4) is 0 Å². The van der Waals surface area contributed by atoms with Crippen molar-refractivity contribution in [3.63, 3.8) is 0 Å². The Hall–Kier alpha value is -1.21. The molecule has 0 amide bonds. The standard InChI is InChI=1S/C34H56O19/c1-11-24(41)27(44)29(46)33(49-11)48-10-23-26(43)28(45)31(53-32(47)13-5-19(39)25(42)20(40)6-13)34(52-23)51-22-9-15-17(37)7-14(35)8-21(15)50-30(22)12-2-3-16(36)18(38)4-12/h11-31,33-46H,2-10H2,1H3/p+1/t11-,12?,13?,14?,15?,16?,17?,18?,19?,20?,21?,22?,23+,24-,25?,26+,27+,28-,29+,30?,31+,33+,34+/m0/s1. The summed E-state index contributed by atoms with van der Waals surface area (Å²) in [6.45, 7) is 0.896. The van der Waals surface area contributed by atoms with E-state index in [1.54, 1.807) is 0 Å². The highest BCUT2D eigenvalue weighted by atomic mass is 16.7. The van der Waals surface area contributed by atoms with Crippen LogP contribution in [0, 0.1) is 17.8 Å². The van der Waals surface area contributed by atoms with Crippen LogP contribution in [0.25, 0.3) is 0 Å². The zero-order valence-electron chi connectivity index (χ0n) is 29.4. The third-order valence-corrected chi connectivity index (χ3v) is 12.2. The summed E-state index contributed by atoms with van der Waals surface area (Å²) in [5.41, 5.74) is 0. The number of fused-ring (bicyclic) bond motifs is 1. The van der Waals surface area contributed by atoms with Gasteiger partial charge in [0.2, 0.25) is 0 Å². The highest BCUT2D eigenvalue weighted by Gasteiger charge is 2.56. The number of aliphatic hydroxyl groups excluding tert-OH is 12. The van der Waals surface area contributed by atoms with E-state index in [1.807, 2.05) is 0 Å². The largest absolute Gasteiger partial charge is 0.454 e. The lowest BCUT2D eigenvalue weighted by atomic mass is 9.72. The van der Waals surface area contributed by atoms with Gasteiger partial charge in [-0.15, -0.1) is 0 Å². The Morgan fingerprint density at radius 3 is 2.04 bits per heavy atom. The molecule has 3 aliphatic carbocycles. The summed E-state index contributed by atoms with van der Waals surface area (Å²) >= 11 is 0. The fourth-order valence-electron chi connectivity index (χ4n) is 8.93. The van der Waals surface area contributed by atoms with Crippen molar-refractivity contribution < 1.29 is 94.5 Å². The average molecular weight is 770 g/mol. The van der Waals surface area contributed by atoms with Gasteiger partial charge in [-0.25, -0.2) is 0 Å². The molecule has 0 spiro atoms. The lowest BCUT2D eigenvalue weighted by Crippen LogP contribution is -2.64. The van der Waals surface area contributed by atoms with Gasteiger partial charge in [-0.05, 0) is 45.4 Å². The van der Waals surface area contributed by atoms with E-state index in [0.29, 0.717) is 12.8 Å². The Bertz CT molecular complexity index is 1200. The number of carbonyl (C=O) groups is 1. The topological polar surface area (TPSA) is 319 Å². The number of rotatable bonds is 8. The molecule has 3 saturated carbocycles. The molecule has 0 aromatic rings. The Labute approximate surface area is 305 Å². The molecule has 0 aromatic heterocycles. The minimum Gasteiger partial charge on any atom is -0.454 e. The molecule has 6 aliphatic rings.